The van der Waals surface area contributed by atoms with Gasteiger partial charge in [-0.15, -0.1) is 0 Å². The monoisotopic (exact) mass is 465 g/mol. The number of aliphatic hydroxyl groups is 1. The van der Waals surface area contributed by atoms with Crippen molar-refractivity contribution in [1.29, 1.82) is 0 Å². The summed E-state index contributed by atoms with van der Waals surface area (Å²) in [5.41, 5.74) is 5.97. The molecule has 10 heteroatoms. The van der Waals surface area contributed by atoms with E-state index < -0.39 is 30.3 Å². The van der Waals surface area contributed by atoms with E-state index >= 15 is 0 Å². The summed E-state index contributed by atoms with van der Waals surface area (Å²) in [6.45, 7) is 10.8. The van der Waals surface area contributed by atoms with Crippen LogP contribution in [0.4, 0.5) is 0 Å². The number of hydrogen-bond donors (Lipinski definition) is 5. The number of rotatable bonds is 12. The molecule has 6 N–H and O–H groups in total. The van der Waals surface area contributed by atoms with E-state index in [-0.39, 0.29) is 29.2 Å². The minimum Gasteiger partial charge on any atom is -0.480 e. The first-order valence-electron chi connectivity index (χ1n) is 10.5. The van der Waals surface area contributed by atoms with Gasteiger partial charge in [-0.05, 0) is 25.2 Å². The fourth-order valence-electron chi connectivity index (χ4n) is 2.99. The maximum Gasteiger partial charge on any atom is 0.320 e. The fourth-order valence-corrected chi connectivity index (χ4v) is 5.41. The smallest absolute Gasteiger partial charge is 0.320 e. The van der Waals surface area contributed by atoms with Crippen LogP contribution in [0.25, 0.3) is 0 Å². The second kappa shape index (κ2) is 13.1. The third kappa shape index (κ3) is 11.2. The molecule has 0 spiro atoms. The molecule has 0 unspecified atom stereocenters. The van der Waals surface area contributed by atoms with E-state index in [1.54, 1.807) is 21.6 Å². The Morgan fingerprint density at radius 2 is 1.90 bits per heavy atom. The third-order valence-corrected chi connectivity index (χ3v) is 7.92. The molecule has 8 nitrogen and oxygen atoms in total. The number of carboxylic acids is 1. The van der Waals surface area contributed by atoms with Crippen LogP contribution in [0.3, 0.4) is 0 Å². The quantitative estimate of drug-likeness (QED) is 0.272. The summed E-state index contributed by atoms with van der Waals surface area (Å²) in [6.07, 6.45) is 0.255. The second-order valence-corrected chi connectivity index (χ2v) is 12.4. The lowest BCUT2D eigenvalue weighted by Crippen LogP contribution is -2.52. The summed E-state index contributed by atoms with van der Waals surface area (Å²) in [6, 6.07) is -1.27. The van der Waals surface area contributed by atoms with Crippen molar-refractivity contribution >= 4 is 33.5 Å². The number of aliphatic carboxylic acids is 1. The normalized spacial score (nSPS) is 24.5. The van der Waals surface area contributed by atoms with Gasteiger partial charge in [0, 0.05) is 23.6 Å². The van der Waals surface area contributed by atoms with Crippen molar-refractivity contribution in [2.75, 3.05) is 18.8 Å². The molecule has 0 aromatic carbocycles. The first-order valence-corrected chi connectivity index (χ1v) is 12.8. The van der Waals surface area contributed by atoms with Gasteiger partial charge in [0.05, 0.1) is 24.4 Å². The molecule has 1 heterocycles. The van der Waals surface area contributed by atoms with Crippen molar-refractivity contribution in [3.8, 4) is 0 Å². The minimum atomic E-state index is -0.908. The Labute approximate surface area is 188 Å². The Hall–Kier alpha value is -0.520. The first-order chi connectivity index (χ1) is 13.9. The molecule has 0 radical (unpaired) electrons. The summed E-state index contributed by atoms with van der Waals surface area (Å²) in [4.78, 5) is 23.6. The van der Waals surface area contributed by atoms with E-state index in [9.17, 15) is 19.8 Å². The van der Waals surface area contributed by atoms with Crippen molar-refractivity contribution in [1.82, 2.24) is 10.6 Å². The molecule has 0 saturated carbocycles. The second-order valence-electron chi connectivity index (χ2n) is 9.20. The van der Waals surface area contributed by atoms with Gasteiger partial charge >= 0.3 is 5.97 Å². The highest BCUT2D eigenvalue weighted by atomic mass is 33.1. The molecule has 1 fully saturated rings. The standard InChI is InChI=1S/C20H39N3O5S2/c1-12(2)8-15(19(26)27)22-10-17-16(24)7-6-13(28-17)9-23-18(25)14(21)11-29-30-20(3,4)5/h12-17,22,24H,6-11,21H2,1-5H3,(H,23,25)(H,26,27)/t13-,14+,15+,16+,17-/m1/s1. The first kappa shape index (κ1) is 27.5. The van der Waals surface area contributed by atoms with Crippen molar-refractivity contribution in [2.24, 2.45) is 11.7 Å². The lowest BCUT2D eigenvalue weighted by molar-refractivity contribution is -0.141. The molecular formula is C20H39N3O5S2. The highest BCUT2D eigenvalue weighted by Crippen LogP contribution is 2.35. The minimum absolute atomic E-state index is 0.107. The topological polar surface area (TPSA) is 134 Å². The number of carboxylic acid groups (broad SMARTS) is 1. The summed E-state index contributed by atoms with van der Waals surface area (Å²) in [5, 5.41) is 25.4. The number of amides is 1. The summed E-state index contributed by atoms with van der Waals surface area (Å²) in [7, 11) is 3.28. The number of aliphatic hydroxyl groups excluding tert-OH is 1. The number of hydrogen-bond acceptors (Lipinski definition) is 8. The Kier molecular flexibility index (Phi) is 12.0. The van der Waals surface area contributed by atoms with Crippen molar-refractivity contribution < 1.29 is 24.5 Å². The molecule has 1 saturated heterocycles. The average molecular weight is 466 g/mol. The Morgan fingerprint density at radius 3 is 2.47 bits per heavy atom. The van der Waals surface area contributed by atoms with Crippen LogP contribution in [0.1, 0.15) is 53.9 Å². The zero-order valence-electron chi connectivity index (χ0n) is 18.7. The van der Waals surface area contributed by atoms with Gasteiger partial charge < -0.3 is 31.3 Å². The van der Waals surface area contributed by atoms with Gasteiger partial charge in [0.2, 0.25) is 5.91 Å². The zero-order valence-corrected chi connectivity index (χ0v) is 20.4. The summed E-state index contributed by atoms with van der Waals surface area (Å²) in [5.74, 6) is -0.363. The predicted molar refractivity (Wildman–Crippen MR) is 124 cm³/mol. The largest absolute Gasteiger partial charge is 0.480 e. The Bertz CT molecular complexity index is 545. The van der Waals surface area contributed by atoms with Gasteiger partial charge in [0.25, 0.3) is 0 Å². The van der Waals surface area contributed by atoms with Crippen LogP contribution in [0.5, 0.6) is 0 Å². The van der Waals surface area contributed by atoms with E-state index in [1.807, 2.05) is 13.8 Å². The van der Waals surface area contributed by atoms with E-state index in [0.29, 0.717) is 31.6 Å². The van der Waals surface area contributed by atoms with Crippen LogP contribution >= 0.6 is 21.6 Å². The maximum absolute atomic E-state index is 12.2. The molecule has 0 aromatic heterocycles. The third-order valence-electron chi connectivity index (χ3n) is 4.55. The van der Waals surface area contributed by atoms with Gasteiger partial charge in [0.1, 0.15) is 6.04 Å². The predicted octanol–water partition coefficient (Wildman–Crippen LogP) is 1.61. The molecule has 5 atom stereocenters. The van der Waals surface area contributed by atoms with Crippen LogP contribution in [0.15, 0.2) is 0 Å². The number of ether oxygens (including phenoxy) is 1. The van der Waals surface area contributed by atoms with E-state index in [1.165, 1.54) is 0 Å². The van der Waals surface area contributed by atoms with Gasteiger partial charge in [0.15, 0.2) is 0 Å². The number of nitrogens with two attached hydrogens (primary N) is 1. The van der Waals surface area contributed by atoms with Crippen LogP contribution in [0, 0.1) is 5.92 Å². The number of nitrogens with one attached hydrogen (secondary N) is 2. The molecule has 1 aliphatic rings. The molecule has 30 heavy (non-hydrogen) atoms. The van der Waals surface area contributed by atoms with E-state index in [4.69, 9.17) is 10.5 Å². The molecule has 0 aliphatic carbocycles. The Morgan fingerprint density at radius 1 is 1.23 bits per heavy atom. The zero-order chi connectivity index (χ0) is 22.9. The van der Waals surface area contributed by atoms with E-state index in [0.717, 1.165) is 0 Å². The summed E-state index contributed by atoms with van der Waals surface area (Å²) < 4.78 is 6.03. The van der Waals surface area contributed by atoms with E-state index in [2.05, 4.69) is 31.4 Å². The molecule has 1 aliphatic heterocycles. The number of carbonyl (C=O) groups excluding carboxylic acids is 1. The molecule has 0 aromatic rings. The molecule has 1 rings (SSSR count). The lowest BCUT2D eigenvalue weighted by Gasteiger charge is -2.35. The van der Waals surface area contributed by atoms with Gasteiger partial charge in [-0.1, -0.05) is 56.2 Å². The molecule has 1 amide bonds. The van der Waals surface area contributed by atoms with Crippen molar-refractivity contribution in [2.45, 2.75) is 89.0 Å². The van der Waals surface area contributed by atoms with Crippen LogP contribution in [-0.2, 0) is 14.3 Å². The van der Waals surface area contributed by atoms with Crippen molar-refractivity contribution in [3.63, 3.8) is 0 Å². The van der Waals surface area contributed by atoms with Crippen LogP contribution in [0.2, 0.25) is 0 Å². The number of carbonyl (C=O) groups is 2. The van der Waals surface area contributed by atoms with Crippen LogP contribution < -0.4 is 16.4 Å². The van der Waals surface area contributed by atoms with Gasteiger partial charge in [-0.3, -0.25) is 9.59 Å². The lowest BCUT2D eigenvalue weighted by atomic mass is 9.99. The highest BCUT2D eigenvalue weighted by Gasteiger charge is 2.31. The Balaban J connectivity index is 2.42. The average Bonchev–Trinajstić information content (AvgIpc) is 2.63. The van der Waals surface area contributed by atoms with Gasteiger partial charge in [-0.2, -0.15) is 0 Å². The molecule has 176 valence electrons. The summed E-state index contributed by atoms with van der Waals surface area (Å²) >= 11 is 0. The SMILES string of the molecule is CC(C)C[C@H](NC[C@H]1O[C@@H](CNC(=O)[C@@H](N)CSSC(C)(C)C)CC[C@@H]1O)C(=O)O. The fraction of sp³-hybridized carbons (Fsp3) is 0.900. The maximum atomic E-state index is 12.2. The molecule has 0 bridgehead atoms. The molecular weight excluding hydrogens is 426 g/mol. The van der Waals surface area contributed by atoms with Crippen molar-refractivity contribution in [3.05, 3.63) is 0 Å². The van der Waals surface area contributed by atoms with Crippen LogP contribution in [-0.4, -0.2) is 76.1 Å². The van der Waals surface area contributed by atoms with Gasteiger partial charge in [-0.25, -0.2) is 0 Å². The highest BCUT2D eigenvalue weighted by molar-refractivity contribution is 8.77.